The van der Waals surface area contributed by atoms with Crippen molar-refractivity contribution in [3.05, 3.63) is 30.2 Å². The van der Waals surface area contributed by atoms with E-state index in [2.05, 4.69) is 4.98 Å². The van der Waals surface area contributed by atoms with Gasteiger partial charge in [0.25, 0.3) is 10.1 Å². The van der Waals surface area contributed by atoms with Crippen LogP contribution in [0.15, 0.2) is 28.7 Å². The molecule has 0 saturated carbocycles. The lowest BCUT2D eigenvalue weighted by molar-refractivity contribution is -0.110. The molecule has 0 radical (unpaired) electrons. The minimum atomic E-state index is -4.78. The number of para-hydroxylation sites is 2. The SMILES string of the molecule is O=CC(c1nc2ccccc2o1)C(O)S(=O)(=O)O. The van der Waals surface area contributed by atoms with Crippen LogP contribution in [0.3, 0.4) is 0 Å². The van der Waals surface area contributed by atoms with Crippen LogP contribution in [-0.2, 0) is 14.9 Å². The number of carbonyl (C=O) groups excluding carboxylic acids is 1. The molecule has 1 aromatic carbocycles. The summed E-state index contributed by atoms with van der Waals surface area (Å²) in [5.41, 5.74) is -1.54. The zero-order valence-electron chi connectivity index (χ0n) is 8.92. The number of hydrogen-bond acceptors (Lipinski definition) is 6. The van der Waals surface area contributed by atoms with E-state index >= 15 is 0 Å². The first-order chi connectivity index (χ1) is 8.43. The van der Waals surface area contributed by atoms with Gasteiger partial charge in [0.1, 0.15) is 17.7 Å². The smallest absolute Gasteiger partial charge is 0.293 e. The van der Waals surface area contributed by atoms with Crippen LogP contribution in [0.1, 0.15) is 11.8 Å². The molecule has 1 aromatic heterocycles. The number of fused-ring (bicyclic) bond motifs is 1. The van der Waals surface area contributed by atoms with Gasteiger partial charge in [-0.05, 0) is 12.1 Å². The molecular weight excluding hydrogens is 262 g/mol. The van der Waals surface area contributed by atoms with Gasteiger partial charge in [0.15, 0.2) is 11.0 Å². The largest absolute Gasteiger partial charge is 0.440 e. The Morgan fingerprint density at radius 1 is 1.33 bits per heavy atom. The minimum Gasteiger partial charge on any atom is -0.440 e. The molecule has 0 spiro atoms. The maximum Gasteiger partial charge on any atom is 0.293 e. The summed E-state index contributed by atoms with van der Waals surface area (Å²) >= 11 is 0. The van der Waals surface area contributed by atoms with Gasteiger partial charge in [0.05, 0.1) is 0 Å². The lowest BCUT2D eigenvalue weighted by Gasteiger charge is -2.10. The second-order valence-corrected chi connectivity index (χ2v) is 5.10. The number of aromatic nitrogens is 1. The van der Waals surface area contributed by atoms with Crippen molar-refractivity contribution in [2.24, 2.45) is 0 Å². The van der Waals surface area contributed by atoms with Crippen molar-refractivity contribution >= 4 is 27.5 Å². The Bertz CT molecular complexity index is 643. The molecule has 2 rings (SSSR count). The number of aldehydes is 1. The van der Waals surface area contributed by atoms with E-state index < -0.39 is 21.5 Å². The van der Waals surface area contributed by atoms with Crippen molar-refractivity contribution in [3.8, 4) is 0 Å². The number of oxazole rings is 1. The van der Waals surface area contributed by atoms with Crippen molar-refractivity contribution in [1.82, 2.24) is 4.98 Å². The summed E-state index contributed by atoms with van der Waals surface area (Å²) in [6.07, 6.45) is 0.156. The van der Waals surface area contributed by atoms with Crippen LogP contribution in [0.25, 0.3) is 11.1 Å². The molecular formula is C10H9NO6S. The third-order valence-corrected chi connectivity index (χ3v) is 3.26. The Balaban J connectivity index is 2.47. The van der Waals surface area contributed by atoms with Gasteiger partial charge in [0.2, 0.25) is 5.89 Å². The van der Waals surface area contributed by atoms with Gasteiger partial charge in [-0.3, -0.25) is 4.55 Å². The summed E-state index contributed by atoms with van der Waals surface area (Å²) in [6.45, 7) is 0. The van der Waals surface area contributed by atoms with Crippen LogP contribution >= 0.6 is 0 Å². The molecule has 18 heavy (non-hydrogen) atoms. The monoisotopic (exact) mass is 271 g/mol. The molecule has 96 valence electrons. The molecule has 2 atom stereocenters. The third kappa shape index (κ3) is 2.26. The highest BCUT2D eigenvalue weighted by Gasteiger charge is 2.34. The topological polar surface area (TPSA) is 118 Å². The Hall–Kier alpha value is -1.77. The lowest BCUT2D eigenvalue weighted by Crippen LogP contribution is -2.28. The number of nitrogens with zero attached hydrogens (tertiary/aromatic N) is 1. The fourth-order valence-corrected chi connectivity index (χ4v) is 2.02. The first kappa shape index (κ1) is 12.7. The third-order valence-electron chi connectivity index (χ3n) is 2.35. The van der Waals surface area contributed by atoms with Gasteiger partial charge in [-0.15, -0.1) is 0 Å². The fraction of sp³-hybridized carbons (Fsp3) is 0.200. The molecule has 7 nitrogen and oxygen atoms in total. The van der Waals surface area contributed by atoms with E-state index in [1.807, 2.05) is 0 Å². The average molecular weight is 271 g/mol. The molecule has 2 N–H and O–H groups in total. The summed E-state index contributed by atoms with van der Waals surface area (Å²) in [5, 5.41) is 9.35. The molecule has 0 fully saturated rings. The number of aliphatic hydroxyl groups excluding tert-OH is 1. The summed E-state index contributed by atoms with van der Waals surface area (Å²) in [7, 11) is -4.78. The van der Waals surface area contributed by atoms with E-state index in [0.717, 1.165) is 0 Å². The molecule has 8 heteroatoms. The molecule has 1 heterocycles. The van der Waals surface area contributed by atoms with Crippen LogP contribution in [-0.4, -0.2) is 34.8 Å². The van der Waals surface area contributed by atoms with Gasteiger partial charge in [0, 0.05) is 0 Å². The Kier molecular flexibility index (Phi) is 3.16. The van der Waals surface area contributed by atoms with Crippen molar-refractivity contribution in [2.75, 3.05) is 0 Å². The maximum absolute atomic E-state index is 10.8. The average Bonchev–Trinajstić information content (AvgIpc) is 2.71. The number of hydrogen-bond donors (Lipinski definition) is 2. The van der Waals surface area contributed by atoms with Crippen LogP contribution in [0.5, 0.6) is 0 Å². The molecule has 0 aliphatic heterocycles. The Morgan fingerprint density at radius 2 is 2.00 bits per heavy atom. The van der Waals surface area contributed by atoms with E-state index in [0.29, 0.717) is 11.1 Å². The molecule has 0 bridgehead atoms. The van der Waals surface area contributed by atoms with Crippen LogP contribution in [0.4, 0.5) is 0 Å². The second kappa shape index (κ2) is 4.48. The minimum absolute atomic E-state index is 0.156. The standard InChI is InChI=1S/C10H9NO6S/c12-5-6(10(13)18(14,15)16)9-11-7-3-1-2-4-8(7)17-9/h1-6,10,13H,(H,14,15,16). The zero-order valence-corrected chi connectivity index (χ0v) is 9.74. The molecule has 2 aromatic rings. The van der Waals surface area contributed by atoms with E-state index in [1.54, 1.807) is 24.3 Å². The van der Waals surface area contributed by atoms with E-state index in [9.17, 15) is 18.3 Å². The van der Waals surface area contributed by atoms with Crippen molar-refractivity contribution in [3.63, 3.8) is 0 Å². The van der Waals surface area contributed by atoms with Gasteiger partial charge in [-0.25, -0.2) is 4.98 Å². The molecule has 2 unspecified atom stereocenters. The molecule has 0 amide bonds. The first-order valence-corrected chi connectivity index (χ1v) is 6.39. The first-order valence-electron chi connectivity index (χ1n) is 4.88. The highest BCUT2D eigenvalue weighted by Crippen LogP contribution is 2.24. The lowest BCUT2D eigenvalue weighted by atomic mass is 10.2. The summed E-state index contributed by atoms with van der Waals surface area (Å²) < 4.78 is 35.5. The molecule has 0 aliphatic carbocycles. The maximum atomic E-state index is 10.8. The Morgan fingerprint density at radius 3 is 2.56 bits per heavy atom. The highest BCUT2D eigenvalue weighted by molar-refractivity contribution is 7.86. The van der Waals surface area contributed by atoms with E-state index in [-0.39, 0.29) is 12.2 Å². The highest BCUT2D eigenvalue weighted by atomic mass is 32.2. The van der Waals surface area contributed by atoms with Crippen molar-refractivity contribution < 1.29 is 27.3 Å². The van der Waals surface area contributed by atoms with Gasteiger partial charge < -0.3 is 14.3 Å². The summed E-state index contributed by atoms with van der Waals surface area (Å²) in [4.78, 5) is 14.7. The van der Waals surface area contributed by atoms with Crippen LogP contribution in [0.2, 0.25) is 0 Å². The van der Waals surface area contributed by atoms with Crippen molar-refractivity contribution in [2.45, 2.75) is 11.4 Å². The normalized spacial score (nSPS) is 15.4. The molecule has 0 aliphatic rings. The predicted octanol–water partition coefficient (Wildman–Crippen LogP) is 0.317. The number of carbonyl (C=O) groups is 1. The quantitative estimate of drug-likeness (QED) is 0.607. The van der Waals surface area contributed by atoms with Crippen LogP contribution < -0.4 is 0 Å². The van der Waals surface area contributed by atoms with Gasteiger partial charge in [-0.1, -0.05) is 12.1 Å². The van der Waals surface area contributed by atoms with E-state index in [1.165, 1.54) is 0 Å². The zero-order chi connectivity index (χ0) is 13.3. The van der Waals surface area contributed by atoms with Gasteiger partial charge in [-0.2, -0.15) is 8.42 Å². The summed E-state index contributed by atoms with van der Waals surface area (Å²) in [6, 6.07) is 6.54. The van der Waals surface area contributed by atoms with Crippen molar-refractivity contribution in [1.29, 1.82) is 0 Å². The summed E-state index contributed by atoms with van der Waals surface area (Å²) in [5.74, 6) is -1.84. The van der Waals surface area contributed by atoms with E-state index in [4.69, 9.17) is 8.97 Å². The predicted molar refractivity (Wildman–Crippen MR) is 60.4 cm³/mol. The fourth-order valence-electron chi connectivity index (χ4n) is 1.47. The molecule has 0 saturated heterocycles. The Labute approximate surface area is 102 Å². The second-order valence-electron chi connectivity index (χ2n) is 3.59. The van der Waals surface area contributed by atoms with Crippen LogP contribution in [0, 0.1) is 0 Å². The number of rotatable bonds is 4. The number of aliphatic hydroxyl groups is 1. The van der Waals surface area contributed by atoms with Gasteiger partial charge >= 0.3 is 0 Å². The number of benzene rings is 1.